The highest BCUT2D eigenvalue weighted by molar-refractivity contribution is 5.97. The van der Waals surface area contributed by atoms with Crippen LogP contribution in [0.2, 0.25) is 0 Å². The number of hydrogen-bond donors (Lipinski definition) is 2. The van der Waals surface area contributed by atoms with Gasteiger partial charge in [0, 0.05) is 42.9 Å². The molecular formula is C29H27F3N2O3. The lowest BCUT2D eigenvalue weighted by molar-refractivity contribution is -0.0620. The Balaban J connectivity index is 1.47. The number of likely N-dealkylation sites (tertiary alicyclic amines) is 1. The van der Waals surface area contributed by atoms with Crippen LogP contribution in [0.15, 0.2) is 71.1 Å². The summed E-state index contributed by atoms with van der Waals surface area (Å²) < 4.78 is 46.7. The lowest BCUT2D eigenvalue weighted by Gasteiger charge is -2.36. The molecule has 0 saturated carbocycles. The number of carbonyl (C=O) groups is 1. The summed E-state index contributed by atoms with van der Waals surface area (Å²) >= 11 is 0. The zero-order valence-electron chi connectivity index (χ0n) is 20.3. The maximum atomic E-state index is 13.6. The highest BCUT2D eigenvalue weighted by atomic mass is 19.3. The second kappa shape index (κ2) is 9.94. The Morgan fingerprint density at radius 2 is 1.65 bits per heavy atom. The minimum absolute atomic E-state index is 0.0250. The van der Waals surface area contributed by atoms with Crippen molar-refractivity contribution in [3.05, 3.63) is 83.9 Å². The fourth-order valence-corrected chi connectivity index (χ4v) is 4.87. The fourth-order valence-electron chi connectivity index (χ4n) is 4.87. The fraction of sp³-hybridized carbons (Fsp3) is 0.276. The summed E-state index contributed by atoms with van der Waals surface area (Å²) in [5.41, 5.74) is 5.05. The van der Waals surface area contributed by atoms with Gasteiger partial charge >= 0.3 is 6.09 Å². The number of carboxylic acid groups (broad SMARTS) is 1. The van der Waals surface area contributed by atoms with Gasteiger partial charge in [0.05, 0.1) is 6.54 Å². The van der Waals surface area contributed by atoms with Gasteiger partial charge in [0.1, 0.15) is 17.2 Å². The average molecular weight is 509 g/mol. The molecule has 5 rings (SSSR count). The Hall–Kier alpha value is -3.78. The molecule has 1 aliphatic heterocycles. The van der Waals surface area contributed by atoms with Crippen LogP contribution in [-0.4, -0.2) is 35.1 Å². The van der Waals surface area contributed by atoms with Crippen molar-refractivity contribution in [3.63, 3.8) is 0 Å². The van der Waals surface area contributed by atoms with Gasteiger partial charge in [0.2, 0.25) is 0 Å². The number of nitrogens with one attached hydrogen (secondary N) is 1. The molecule has 1 aromatic heterocycles. The number of fused-ring (bicyclic) bond motifs is 1. The van der Waals surface area contributed by atoms with Crippen molar-refractivity contribution in [2.75, 3.05) is 13.1 Å². The smallest absolute Gasteiger partial charge is 0.405 e. The van der Waals surface area contributed by atoms with Crippen LogP contribution in [0.4, 0.5) is 18.0 Å². The molecule has 192 valence electrons. The van der Waals surface area contributed by atoms with Crippen LogP contribution < -0.4 is 5.32 Å². The summed E-state index contributed by atoms with van der Waals surface area (Å²) in [6.07, 6.45) is -1.38. The van der Waals surface area contributed by atoms with Gasteiger partial charge in [-0.15, -0.1) is 0 Å². The van der Waals surface area contributed by atoms with E-state index in [9.17, 15) is 18.0 Å². The standard InChI is InChI=1S/C29H27F3N2O3/c1-18(34-12-10-29(31,32)11-13-34)19-2-4-20(5-3-19)22-14-23-15-25(17-33-28(35)36)37-27(23)26(16-22)21-6-8-24(30)9-7-21/h2-9,14-16,18,33H,10-13,17H2,1H3,(H,35,36). The molecule has 2 N–H and O–H groups in total. The Labute approximate surface area is 212 Å². The molecule has 8 heteroatoms. The predicted molar refractivity (Wildman–Crippen MR) is 136 cm³/mol. The molecule has 1 aliphatic rings. The van der Waals surface area contributed by atoms with E-state index in [-0.39, 0.29) is 31.2 Å². The minimum Gasteiger partial charge on any atom is -0.465 e. The SMILES string of the molecule is CC(c1ccc(-c2cc(-c3ccc(F)cc3)c3oc(CNC(=O)O)cc3c2)cc1)N1CCC(F)(F)CC1. The molecule has 1 saturated heterocycles. The lowest BCUT2D eigenvalue weighted by Crippen LogP contribution is -2.40. The van der Waals surface area contributed by atoms with Gasteiger partial charge in [-0.05, 0) is 59.5 Å². The van der Waals surface area contributed by atoms with Crippen LogP contribution >= 0.6 is 0 Å². The van der Waals surface area contributed by atoms with Gasteiger partial charge < -0.3 is 14.8 Å². The Kier molecular flexibility index (Phi) is 6.69. The zero-order chi connectivity index (χ0) is 26.2. The monoisotopic (exact) mass is 508 g/mol. The number of alkyl halides is 2. The van der Waals surface area contributed by atoms with E-state index in [0.29, 0.717) is 24.4 Å². The van der Waals surface area contributed by atoms with E-state index in [1.165, 1.54) is 12.1 Å². The first-order valence-electron chi connectivity index (χ1n) is 12.2. The summed E-state index contributed by atoms with van der Waals surface area (Å²) in [6.45, 7) is 2.80. The van der Waals surface area contributed by atoms with Crippen molar-refractivity contribution >= 4 is 17.1 Å². The van der Waals surface area contributed by atoms with E-state index >= 15 is 0 Å². The summed E-state index contributed by atoms with van der Waals surface area (Å²) in [7, 11) is 0. The van der Waals surface area contributed by atoms with E-state index in [1.54, 1.807) is 18.2 Å². The Morgan fingerprint density at radius 3 is 2.30 bits per heavy atom. The highest BCUT2D eigenvalue weighted by Crippen LogP contribution is 2.37. The average Bonchev–Trinajstić information content (AvgIpc) is 3.30. The quantitative estimate of drug-likeness (QED) is 0.284. The van der Waals surface area contributed by atoms with Gasteiger partial charge in [-0.3, -0.25) is 4.90 Å². The number of amides is 1. The maximum absolute atomic E-state index is 13.6. The van der Waals surface area contributed by atoms with Gasteiger partial charge in [-0.1, -0.05) is 36.4 Å². The number of furan rings is 1. The van der Waals surface area contributed by atoms with Crippen LogP contribution in [0.1, 0.15) is 37.1 Å². The van der Waals surface area contributed by atoms with Crippen LogP contribution in [0.3, 0.4) is 0 Å². The number of benzene rings is 3. The molecule has 1 amide bonds. The van der Waals surface area contributed by atoms with Crippen LogP contribution in [0, 0.1) is 5.82 Å². The number of halogens is 3. The van der Waals surface area contributed by atoms with Gasteiger partial charge in [0.25, 0.3) is 5.92 Å². The summed E-state index contributed by atoms with van der Waals surface area (Å²) in [5.74, 6) is -2.45. The number of piperidine rings is 1. The largest absolute Gasteiger partial charge is 0.465 e. The number of hydrogen-bond acceptors (Lipinski definition) is 3. The summed E-state index contributed by atoms with van der Waals surface area (Å²) in [5, 5.41) is 12.1. The van der Waals surface area contributed by atoms with E-state index in [4.69, 9.17) is 9.52 Å². The molecule has 2 heterocycles. The normalized spacial score (nSPS) is 16.5. The third-order valence-electron chi connectivity index (χ3n) is 7.04. The lowest BCUT2D eigenvalue weighted by atomic mass is 9.95. The molecule has 0 bridgehead atoms. The first kappa shape index (κ1) is 24.9. The van der Waals surface area contributed by atoms with Crippen LogP contribution in [-0.2, 0) is 6.54 Å². The summed E-state index contributed by atoms with van der Waals surface area (Å²) in [4.78, 5) is 13.0. The molecule has 0 aliphatic carbocycles. The predicted octanol–water partition coefficient (Wildman–Crippen LogP) is 7.47. The number of nitrogens with zero attached hydrogens (tertiary/aromatic N) is 1. The molecule has 1 unspecified atom stereocenters. The second-order valence-corrected chi connectivity index (χ2v) is 9.51. The van der Waals surface area contributed by atoms with Gasteiger partial charge in [-0.25, -0.2) is 18.0 Å². The molecule has 1 atom stereocenters. The van der Waals surface area contributed by atoms with Crippen LogP contribution in [0.25, 0.3) is 33.2 Å². The van der Waals surface area contributed by atoms with E-state index < -0.39 is 12.0 Å². The second-order valence-electron chi connectivity index (χ2n) is 9.51. The van der Waals surface area contributed by atoms with Gasteiger partial charge in [0.15, 0.2) is 0 Å². The van der Waals surface area contributed by atoms with Crippen molar-refractivity contribution in [2.45, 2.75) is 38.3 Å². The topological polar surface area (TPSA) is 65.7 Å². The van der Waals surface area contributed by atoms with Gasteiger partial charge in [-0.2, -0.15) is 0 Å². The molecule has 37 heavy (non-hydrogen) atoms. The van der Waals surface area contributed by atoms with Crippen molar-refractivity contribution in [3.8, 4) is 22.3 Å². The Bertz CT molecular complexity index is 1410. The minimum atomic E-state index is -2.57. The molecular weight excluding hydrogens is 481 g/mol. The third-order valence-corrected chi connectivity index (χ3v) is 7.04. The van der Waals surface area contributed by atoms with Crippen molar-refractivity contribution in [1.82, 2.24) is 10.2 Å². The molecule has 5 nitrogen and oxygen atoms in total. The molecule has 1 fully saturated rings. The first-order chi connectivity index (χ1) is 17.7. The first-order valence-corrected chi connectivity index (χ1v) is 12.2. The van der Waals surface area contributed by atoms with Crippen molar-refractivity contribution in [1.29, 1.82) is 0 Å². The van der Waals surface area contributed by atoms with Crippen molar-refractivity contribution < 1.29 is 27.5 Å². The Morgan fingerprint density at radius 1 is 1.00 bits per heavy atom. The van der Waals surface area contributed by atoms with Crippen LogP contribution in [0.5, 0.6) is 0 Å². The van der Waals surface area contributed by atoms with E-state index in [0.717, 1.165) is 33.2 Å². The number of rotatable bonds is 6. The third kappa shape index (κ3) is 5.49. The maximum Gasteiger partial charge on any atom is 0.405 e. The van der Waals surface area contributed by atoms with E-state index in [1.807, 2.05) is 43.3 Å². The molecule has 0 radical (unpaired) electrons. The summed E-state index contributed by atoms with van der Waals surface area (Å²) in [6, 6.07) is 20.0. The molecule has 0 spiro atoms. The zero-order valence-corrected chi connectivity index (χ0v) is 20.3. The molecule has 3 aromatic carbocycles. The highest BCUT2D eigenvalue weighted by Gasteiger charge is 2.35. The van der Waals surface area contributed by atoms with E-state index in [2.05, 4.69) is 10.2 Å². The van der Waals surface area contributed by atoms with Crippen molar-refractivity contribution in [2.24, 2.45) is 0 Å². The molecule has 4 aromatic rings.